The lowest BCUT2D eigenvalue weighted by Gasteiger charge is -2.24. The highest BCUT2D eigenvalue weighted by atomic mass is 32.2. The van der Waals surface area contributed by atoms with Gasteiger partial charge in [0.05, 0.1) is 35.2 Å². The van der Waals surface area contributed by atoms with Gasteiger partial charge in [-0.05, 0) is 60.0 Å². The minimum atomic E-state index is -0.288. The number of fused-ring (bicyclic) bond motifs is 1. The summed E-state index contributed by atoms with van der Waals surface area (Å²) in [5.41, 5.74) is 5.86. The number of hydrogen-bond acceptors (Lipinski definition) is 6. The van der Waals surface area contributed by atoms with Crippen LogP contribution in [-0.2, 0) is 21.5 Å². The molecule has 198 valence electrons. The fraction of sp³-hybridized carbons (Fsp3) is 0.345. The molecule has 1 atom stereocenters. The summed E-state index contributed by atoms with van der Waals surface area (Å²) in [6.07, 6.45) is 1.57. The molecule has 5 rings (SSSR count). The number of carbonyl (C=O) groups is 2. The largest absolute Gasteiger partial charge is 0.467 e. The molecule has 3 aromatic heterocycles. The fourth-order valence-electron chi connectivity index (χ4n) is 4.77. The molecule has 4 aromatic rings. The average Bonchev–Trinajstić information content (AvgIpc) is 3.61. The van der Waals surface area contributed by atoms with E-state index in [0.717, 1.165) is 33.6 Å². The Bertz CT molecular complexity index is 1450. The van der Waals surface area contributed by atoms with Crippen molar-refractivity contribution in [3.63, 3.8) is 0 Å². The number of thioether (sulfide) groups is 1. The predicted molar refractivity (Wildman–Crippen MR) is 153 cm³/mol. The second-order valence-corrected chi connectivity index (χ2v) is 12.5. The molecule has 2 amide bonds. The van der Waals surface area contributed by atoms with Crippen LogP contribution in [0, 0.1) is 13.8 Å². The van der Waals surface area contributed by atoms with Crippen LogP contribution in [-0.4, -0.2) is 33.9 Å². The fourth-order valence-corrected chi connectivity index (χ4v) is 6.73. The van der Waals surface area contributed by atoms with Crippen molar-refractivity contribution in [2.45, 2.75) is 51.8 Å². The maximum absolute atomic E-state index is 13.7. The summed E-state index contributed by atoms with van der Waals surface area (Å²) in [4.78, 5) is 28.5. The standard InChI is InChI=1S/C29H32N4O3S2/c1-18-8-9-22(19(2)13-18)33-28-25(27(31-33)29(3,4)5)26(20-10-12-37-16-20)38-17-24(35)32(28)15-23(34)30-14-21-7-6-11-36-21/h6-13,16,26H,14-15,17H2,1-5H3,(H,30,34)/t26-/m1/s1. The van der Waals surface area contributed by atoms with Crippen LogP contribution in [0.25, 0.3) is 5.69 Å². The van der Waals surface area contributed by atoms with Crippen LogP contribution in [0.4, 0.5) is 5.82 Å². The Morgan fingerprint density at radius 2 is 2.03 bits per heavy atom. The molecule has 0 radical (unpaired) electrons. The summed E-state index contributed by atoms with van der Waals surface area (Å²) < 4.78 is 7.24. The van der Waals surface area contributed by atoms with E-state index in [9.17, 15) is 9.59 Å². The van der Waals surface area contributed by atoms with Gasteiger partial charge in [-0.15, -0.1) is 11.8 Å². The topological polar surface area (TPSA) is 80.4 Å². The molecule has 0 saturated heterocycles. The van der Waals surface area contributed by atoms with Crippen LogP contribution < -0.4 is 10.2 Å². The van der Waals surface area contributed by atoms with Gasteiger partial charge in [0, 0.05) is 11.0 Å². The quantitative estimate of drug-likeness (QED) is 0.323. The van der Waals surface area contributed by atoms with Crippen molar-refractivity contribution in [2.24, 2.45) is 0 Å². The average molecular weight is 549 g/mol. The lowest BCUT2D eigenvalue weighted by Crippen LogP contribution is -2.42. The normalized spacial score (nSPS) is 15.9. The number of carbonyl (C=O) groups excluding carboxylic acids is 2. The number of aryl methyl sites for hydroxylation is 2. The van der Waals surface area contributed by atoms with Crippen LogP contribution in [0.3, 0.4) is 0 Å². The summed E-state index contributed by atoms with van der Waals surface area (Å²) in [7, 11) is 0. The molecule has 1 aromatic carbocycles. The van der Waals surface area contributed by atoms with E-state index >= 15 is 0 Å². The Labute approximate surface area is 231 Å². The number of amides is 2. The van der Waals surface area contributed by atoms with Gasteiger partial charge in [0.25, 0.3) is 0 Å². The zero-order valence-corrected chi connectivity index (χ0v) is 23.9. The molecule has 38 heavy (non-hydrogen) atoms. The first-order chi connectivity index (χ1) is 18.1. The van der Waals surface area contributed by atoms with E-state index in [1.54, 1.807) is 40.3 Å². The van der Waals surface area contributed by atoms with Gasteiger partial charge in [-0.25, -0.2) is 4.68 Å². The molecule has 1 aliphatic rings. The number of benzene rings is 1. The Hall–Kier alpha value is -3.30. The number of rotatable bonds is 6. The van der Waals surface area contributed by atoms with Crippen LogP contribution >= 0.6 is 23.1 Å². The third-order valence-corrected chi connectivity index (χ3v) is 8.52. The molecule has 9 heteroatoms. The minimum absolute atomic E-state index is 0.0786. The van der Waals surface area contributed by atoms with Gasteiger partial charge in [0.1, 0.15) is 18.1 Å². The summed E-state index contributed by atoms with van der Waals surface area (Å²) in [5, 5.41) is 12.2. The predicted octanol–water partition coefficient (Wildman–Crippen LogP) is 5.93. The van der Waals surface area contributed by atoms with E-state index in [1.807, 2.05) is 16.8 Å². The molecule has 0 fully saturated rings. The smallest absolute Gasteiger partial charge is 0.240 e. The summed E-state index contributed by atoms with van der Waals surface area (Å²) in [6.45, 7) is 10.7. The van der Waals surface area contributed by atoms with Crippen molar-refractivity contribution in [1.29, 1.82) is 0 Å². The van der Waals surface area contributed by atoms with E-state index in [2.05, 4.69) is 68.9 Å². The second-order valence-electron chi connectivity index (χ2n) is 10.6. The Morgan fingerprint density at radius 1 is 1.21 bits per heavy atom. The lowest BCUT2D eigenvalue weighted by atomic mass is 9.87. The van der Waals surface area contributed by atoms with Crippen molar-refractivity contribution < 1.29 is 14.0 Å². The zero-order valence-electron chi connectivity index (χ0n) is 22.3. The number of anilines is 1. The van der Waals surface area contributed by atoms with E-state index in [4.69, 9.17) is 9.52 Å². The van der Waals surface area contributed by atoms with Crippen molar-refractivity contribution in [2.75, 3.05) is 17.2 Å². The van der Waals surface area contributed by atoms with E-state index in [-0.39, 0.29) is 41.3 Å². The molecular weight excluding hydrogens is 516 g/mol. The van der Waals surface area contributed by atoms with Gasteiger partial charge >= 0.3 is 0 Å². The zero-order chi connectivity index (χ0) is 27.0. The maximum atomic E-state index is 13.7. The van der Waals surface area contributed by atoms with Crippen LogP contribution in [0.2, 0.25) is 0 Å². The van der Waals surface area contributed by atoms with Gasteiger partial charge in [-0.2, -0.15) is 16.4 Å². The number of aromatic nitrogens is 2. The number of furan rings is 1. The van der Waals surface area contributed by atoms with Crippen molar-refractivity contribution in [3.8, 4) is 5.69 Å². The van der Waals surface area contributed by atoms with E-state index in [1.165, 1.54) is 0 Å². The molecule has 0 unspecified atom stereocenters. The number of hydrogen-bond donors (Lipinski definition) is 1. The highest BCUT2D eigenvalue weighted by Crippen LogP contribution is 2.48. The first-order valence-corrected chi connectivity index (χ1v) is 14.6. The maximum Gasteiger partial charge on any atom is 0.240 e. The third-order valence-electron chi connectivity index (χ3n) is 6.57. The third kappa shape index (κ3) is 5.17. The number of nitrogens with zero attached hydrogens (tertiary/aromatic N) is 3. The Balaban J connectivity index is 1.67. The van der Waals surface area contributed by atoms with Crippen LogP contribution in [0.5, 0.6) is 0 Å². The molecule has 0 aliphatic carbocycles. The summed E-state index contributed by atoms with van der Waals surface area (Å²) in [6, 6.07) is 11.9. The molecular formula is C29H32N4O3S2. The van der Waals surface area contributed by atoms with E-state index in [0.29, 0.717) is 11.6 Å². The summed E-state index contributed by atoms with van der Waals surface area (Å²) >= 11 is 3.24. The van der Waals surface area contributed by atoms with Crippen molar-refractivity contribution >= 4 is 40.7 Å². The van der Waals surface area contributed by atoms with Gasteiger partial charge in [0.15, 0.2) is 0 Å². The molecule has 1 aliphatic heterocycles. The van der Waals surface area contributed by atoms with Gasteiger partial charge in [-0.1, -0.05) is 38.5 Å². The van der Waals surface area contributed by atoms with E-state index < -0.39 is 0 Å². The van der Waals surface area contributed by atoms with Gasteiger partial charge in [-0.3, -0.25) is 14.5 Å². The van der Waals surface area contributed by atoms with Crippen LogP contribution in [0.15, 0.2) is 57.8 Å². The number of nitrogens with one attached hydrogen (secondary N) is 1. The number of thiophene rings is 1. The summed E-state index contributed by atoms with van der Waals surface area (Å²) in [5.74, 6) is 1.21. The molecule has 0 bridgehead atoms. The minimum Gasteiger partial charge on any atom is -0.467 e. The van der Waals surface area contributed by atoms with Crippen molar-refractivity contribution in [3.05, 3.63) is 87.1 Å². The molecule has 0 spiro atoms. The molecule has 0 saturated carbocycles. The SMILES string of the molecule is Cc1ccc(-n2nc(C(C)(C)C)c3c2N(CC(=O)NCc2ccco2)C(=O)CS[C@@H]3c2ccsc2)c(C)c1. The monoisotopic (exact) mass is 548 g/mol. The first kappa shape index (κ1) is 26.3. The highest BCUT2D eigenvalue weighted by Gasteiger charge is 2.40. The van der Waals surface area contributed by atoms with Crippen molar-refractivity contribution in [1.82, 2.24) is 15.1 Å². The highest BCUT2D eigenvalue weighted by molar-refractivity contribution is 8.00. The van der Waals surface area contributed by atoms with Gasteiger partial charge in [0.2, 0.25) is 11.8 Å². The second kappa shape index (κ2) is 10.5. The lowest BCUT2D eigenvalue weighted by molar-refractivity contribution is -0.123. The Kier molecular flexibility index (Phi) is 7.24. The molecule has 4 heterocycles. The van der Waals surface area contributed by atoms with Crippen LogP contribution in [0.1, 0.15) is 59.7 Å². The first-order valence-electron chi connectivity index (χ1n) is 12.6. The Morgan fingerprint density at radius 3 is 2.68 bits per heavy atom. The molecule has 1 N–H and O–H groups in total. The van der Waals surface area contributed by atoms with Gasteiger partial charge < -0.3 is 9.73 Å². The molecule has 7 nitrogen and oxygen atoms in total.